The summed E-state index contributed by atoms with van der Waals surface area (Å²) < 4.78 is 5.67. The lowest BCUT2D eigenvalue weighted by Gasteiger charge is -2.36. The molecule has 2 aromatic carbocycles. The van der Waals surface area contributed by atoms with Crippen LogP contribution in [-0.4, -0.2) is 53.6 Å². The summed E-state index contributed by atoms with van der Waals surface area (Å²) in [6.45, 7) is 5.37. The van der Waals surface area contributed by atoms with Crippen molar-refractivity contribution in [2.75, 3.05) is 37.7 Å². The topological polar surface area (TPSA) is 58.6 Å². The number of para-hydroxylation sites is 3. The first-order valence-electron chi connectivity index (χ1n) is 10.3. The molecule has 0 N–H and O–H groups in total. The summed E-state index contributed by atoms with van der Waals surface area (Å²) in [5.74, 6) is 1.74. The second kappa shape index (κ2) is 9.30. The molecule has 156 valence electrons. The van der Waals surface area contributed by atoms with Crippen molar-refractivity contribution in [2.45, 2.75) is 19.8 Å². The standard InChI is InChI=1S/C23H25ClN4O2/c1-17-23(26-20-9-4-3-8-19(20)25-17)28-14-12-27(13-15-28)22(29)11-6-16-30-21-10-5-2-7-18(21)24/h2-5,7-10H,6,11-16H2,1H3. The lowest BCUT2D eigenvalue weighted by Crippen LogP contribution is -2.49. The molecule has 0 unspecified atom stereocenters. The van der Waals surface area contributed by atoms with Gasteiger partial charge in [0.2, 0.25) is 5.91 Å². The molecule has 0 atom stereocenters. The number of piperazine rings is 1. The number of carbonyl (C=O) groups is 1. The van der Waals surface area contributed by atoms with Crippen molar-refractivity contribution in [1.29, 1.82) is 0 Å². The summed E-state index contributed by atoms with van der Waals surface area (Å²) in [5.41, 5.74) is 2.73. The number of nitrogens with zero attached hydrogens (tertiary/aromatic N) is 4. The van der Waals surface area contributed by atoms with Gasteiger partial charge in [0.15, 0.2) is 5.82 Å². The molecule has 30 heavy (non-hydrogen) atoms. The minimum absolute atomic E-state index is 0.165. The molecule has 3 aromatic rings. The molecule has 1 aromatic heterocycles. The van der Waals surface area contributed by atoms with E-state index in [1.807, 2.05) is 54.3 Å². The number of rotatable bonds is 6. The molecule has 6 nitrogen and oxygen atoms in total. The number of aromatic nitrogens is 2. The summed E-state index contributed by atoms with van der Waals surface area (Å²) in [7, 11) is 0. The number of hydrogen-bond donors (Lipinski definition) is 0. The quantitative estimate of drug-likeness (QED) is 0.557. The minimum Gasteiger partial charge on any atom is -0.492 e. The van der Waals surface area contributed by atoms with E-state index in [0.717, 1.165) is 35.6 Å². The van der Waals surface area contributed by atoms with Gasteiger partial charge >= 0.3 is 0 Å². The van der Waals surface area contributed by atoms with Gasteiger partial charge in [-0.05, 0) is 37.6 Å². The van der Waals surface area contributed by atoms with Gasteiger partial charge in [0.25, 0.3) is 0 Å². The SMILES string of the molecule is Cc1nc2ccccc2nc1N1CCN(C(=O)CCCOc2ccccc2Cl)CC1. The molecule has 4 rings (SSSR count). The number of hydrogen-bond acceptors (Lipinski definition) is 5. The Hall–Kier alpha value is -2.86. The van der Waals surface area contributed by atoms with E-state index in [-0.39, 0.29) is 5.91 Å². The Morgan fingerprint density at radius 3 is 2.40 bits per heavy atom. The Labute approximate surface area is 181 Å². The third kappa shape index (κ3) is 4.65. The summed E-state index contributed by atoms with van der Waals surface area (Å²) >= 11 is 6.08. The molecule has 1 aliphatic heterocycles. The van der Waals surface area contributed by atoms with E-state index in [0.29, 0.717) is 43.3 Å². The van der Waals surface area contributed by atoms with Crippen molar-refractivity contribution >= 4 is 34.4 Å². The molecule has 0 spiro atoms. The van der Waals surface area contributed by atoms with Crippen molar-refractivity contribution in [3.8, 4) is 5.75 Å². The number of fused-ring (bicyclic) bond motifs is 1. The van der Waals surface area contributed by atoms with E-state index in [1.54, 1.807) is 6.07 Å². The van der Waals surface area contributed by atoms with Crippen molar-refractivity contribution in [3.63, 3.8) is 0 Å². The van der Waals surface area contributed by atoms with Crippen LogP contribution in [0.25, 0.3) is 11.0 Å². The monoisotopic (exact) mass is 424 g/mol. The number of amides is 1. The maximum Gasteiger partial charge on any atom is 0.222 e. The Morgan fingerprint density at radius 2 is 1.67 bits per heavy atom. The minimum atomic E-state index is 0.165. The molecule has 1 saturated heterocycles. The number of anilines is 1. The van der Waals surface area contributed by atoms with Crippen molar-refractivity contribution in [3.05, 3.63) is 59.2 Å². The van der Waals surface area contributed by atoms with Crippen LogP contribution in [0.1, 0.15) is 18.5 Å². The summed E-state index contributed by atoms with van der Waals surface area (Å²) in [6.07, 6.45) is 1.14. The van der Waals surface area contributed by atoms with Crippen LogP contribution in [0.4, 0.5) is 5.82 Å². The molecule has 1 fully saturated rings. The summed E-state index contributed by atoms with van der Waals surface area (Å²) in [4.78, 5) is 26.2. The first-order valence-corrected chi connectivity index (χ1v) is 10.6. The van der Waals surface area contributed by atoms with Crippen LogP contribution in [0, 0.1) is 6.92 Å². The predicted molar refractivity (Wildman–Crippen MR) is 119 cm³/mol. The number of ether oxygens (including phenoxy) is 1. The first kappa shape index (κ1) is 20.4. The Bertz CT molecular complexity index is 1030. The van der Waals surface area contributed by atoms with Crippen molar-refractivity contribution < 1.29 is 9.53 Å². The average molecular weight is 425 g/mol. The van der Waals surface area contributed by atoms with Gasteiger partial charge in [0, 0.05) is 32.6 Å². The number of halogens is 1. The molecular formula is C23H25ClN4O2. The highest BCUT2D eigenvalue weighted by atomic mass is 35.5. The largest absolute Gasteiger partial charge is 0.492 e. The lowest BCUT2D eigenvalue weighted by molar-refractivity contribution is -0.131. The normalized spacial score (nSPS) is 14.2. The van der Waals surface area contributed by atoms with Crippen LogP contribution in [0.3, 0.4) is 0 Å². The van der Waals surface area contributed by atoms with Crippen LogP contribution in [0.5, 0.6) is 5.75 Å². The second-order valence-corrected chi connectivity index (χ2v) is 7.78. The van der Waals surface area contributed by atoms with Gasteiger partial charge < -0.3 is 14.5 Å². The van der Waals surface area contributed by atoms with E-state index < -0.39 is 0 Å². The molecule has 0 saturated carbocycles. The maximum absolute atomic E-state index is 12.6. The van der Waals surface area contributed by atoms with E-state index in [2.05, 4.69) is 9.88 Å². The second-order valence-electron chi connectivity index (χ2n) is 7.37. The molecule has 7 heteroatoms. The highest BCUT2D eigenvalue weighted by Crippen LogP contribution is 2.24. The Kier molecular flexibility index (Phi) is 6.33. The van der Waals surface area contributed by atoms with Gasteiger partial charge in [-0.1, -0.05) is 35.9 Å². The van der Waals surface area contributed by atoms with Gasteiger partial charge in [0.05, 0.1) is 28.4 Å². The number of carbonyl (C=O) groups excluding carboxylic acids is 1. The van der Waals surface area contributed by atoms with Crippen LogP contribution >= 0.6 is 11.6 Å². The fourth-order valence-corrected chi connectivity index (χ4v) is 3.86. The van der Waals surface area contributed by atoms with Gasteiger partial charge in [-0.15, -0.1) is 0 Å². The molecule has 0 bridgehead atoms. The summed E-state index contributed by atoms with van der Waals surface area (Å²) in [5, 5.41) is 0.590. The van der Waals surface area contributed by atoms with E-state index in [9.17, 15) is 4.79 Å². The zero-order chi connectivity index (χ0) is 20.9. The third-order valence-electron chi connectivity index (χ3n) is 5.28. The average Bonchev–Trinajstić information content (AvgIpc) is 2.77. The van der Waals surface area contributed by atoms with Gasteiger partial charge in [-0.25, -0.2) is 9.97 Å². The van der Waals surface area contributed by atoms with Crippen LogP contribution in [-0.2, 0) is 4.79 Å². The predicted octanol–water partition coefficient (Wildman–Crippen LogP) is 4.10. The van der Waals surface area contributed by atoms with E-state index >= 15 is 0 Å². The zero-order valence-corrected chi connectivity index (χ0v) is 17.8. The molecule has 1 aliphatic rings. The number of aryl methyl sites for hydroxylation is 1. The third-order valence-corrected chi connectivity index (χ3v) is 5.59. The molecule has 1 amide bonds. The maximum atomic E-state index is 12.6. The fourth-order valence-electron chi connectivity index (χ4n) is 3.67. The Balaban J connectivity index is 1.26. The number of benzene rings is 2. The van der Waals surface area contributed by atoms with Crippen LogP contribution in [0.15, 0.2) is 48.5 Å². The molecule has 0 radical (unpaired) electrons. The van der Waals surface area contributed by atoms with Crippen molar-refractivity contribution in [2.24, 2.45) is 0 Å². The van der Waals surface area contributed by atoms with Crippen LogP contribution < -0.4 is 9.64 Å². The van der Waals surface area contributed by atoms with Crippen LogP contribution in [0.2, 0.25) is 5.02 Å². The fraction of sp³-hybridized carbons (Fsp3) is 0.348. The van der Waals surface area contributed by atoms with E-state index in [4.69, 9.17) is 21.3 Å². The van der Waals surface area contributed by atoms with E-state index in [1.165, 1.54) is 0 Å². The lowest BCUT2D eigenvalue weighted by atomic mass is 10.2. The van der Waals surface area contributed by atoms with Gasteiger partial charge in [-0.3, -0.25) is 4.79 Å². The first-order chi connectivity index (χ1) is 14.6. The van der Waals surface area contributed by atoms with Gasteiger partial charge in [-0.2, -0.15) is 0 Å². The molecule has 2 heterocycles. The smallest absolute Gasteiger partial charge is 0.222 e. The Morgan fingerprint density at radius 1 is 1.00 bits per heavy atom. The summed E-state index contributed by atoms with van der Waals surface area (Å²) in [6, 6.07) is 15.3. The molecule has 0 aliphatic carbocycles. The van der Waals surface area contributed by atoms with Gasteiger partial charge in [0.1, 0.15) is 5.75 Å². The van der Waals surface area contributed by atoms with Crippen molar-refractivity contribution in [1.82, 2.24) is 14.9 Å². The highest BCUT2D eigenvalue weighted by molar-refractivity contribution is 6.32. The zero-order valence-electron chi connectivity index (χ0n) is 17.1. The highest BCUT2D eigenvalue weighted by Gasteiger charge is 2.23. The molecular weight excluding hydrogens is 400 g/mol.